The molecule has 0 unspecified atom stereocenters. The molecule has 0 atom stereocenters. The van der Waals surface area contributed by atoms with Gasteiger partial charge in [0.05, 0.1) is 24.1 Å². The first-order valence-electron chi connectivity index (χ1n) is 8.49. The molecule has 0 bridgehead atoms. The van der Waals surface area contributed by atoms with Crippen molar-refractivity contribution in [3.05, 3.63) is 52.0 Å². The van der Waals surface area contributed by atoms with Crippen LogP contribution in [0.2, 0.25) is 10.0 Å². The van der Waals surface area contributed by atoms with Crippen LogP contribution in [-0.2, 0) is 14.8 Å². The predicted octanol–water partition coefficient (Wildman–Crippen LogP) is 4.50. The average molecular weight is 445 g/mol. The Labute approximate surface area is 175 Å². The lowest BCUT2D eigenvalue weighted by atomic mass is 10.2. The molecule has 0 heterocycles. The largest absolute Gasteiger partial charge is 0.495 e. The van der Waals surface area contributed by atoms with Gasteiger partial charge in [0.1, 0.15) is 5.75 Å². The standard InChI is InChI=1S/C19H22Cl2N2O4S/c1-13-11-14(20)6-8-17(13)22-19(24)5-4-10-23(28(3,25)26)15-7-9-18(27-2)16(21)12-15/h6-9,11-12H,4-5,10H2,1-3H3,(H,22,24). The van der Waals surface area contributed by atoms with E-state index < -0.39 is 10.0 Å². The molecule has 9 heteroatoms. The molecule has 0 saturated carbocycles. The quantitative estimate of drug-likeness (QED) is 0.650. The fraction of sp³-hybridized carbons (Fsp3) is 0.316. The molecule has 1 amide bonds. The van der Waals surface area contributed by atoms with Gasteiger partial charge in [0.25, 0.3) is 0 Å². The monoisotopic (exact) mass is 444 g/mol. The number of amides is 1. The van der Waals surface area contributed by atoms with Crippen molar-refractivity contribution in [3.63, 3.8) is 0 Å². The summed E-state index contributed by atoms with van der Waals surface area (Å²) in [7, 11) is -2.05. The number of halogens is 2. The van der Waals surface area contributed by atoms with E-state index in [1.54, 1.807) is 30.3 Å². The molecule has 28 heavy (non-hydrogen) atoms. The zero-order valence-corrected chi connectivity index (χ0v) is 18.2. The Hall–Kier alpha value is -1.96. The number of ether oxygens (including phenoxy) is 1. The molecule has 2 aromatic rings. The Morgan fingerprint density at radius 2 is 1.89 bits per heavy atom. The molecule has 0 aliphatic heterocycles. The molecule has 2 rings (SSSR count). The van der Waals surface area contributed by atoms with E-state index in [9.17, 15) is 13.2 Å². The summed E-state index contributed by atoms with van der Waals surface area (Å²) in [4.78, 5) is 12.2. The van der Waals surface area contributed by atoms with Crippen LogP contribution in [-0.4, -0.2) is 34.2 Å². The average Bonchev–Trinajstić information content (AvgIpc) is 2.60. The van der Waals surface area contributed by atoms with E-state index in [0.29, 0.717) is 33.6 Å². The lowest BCUT2D eigenvalue weighted by Crippen LogP contribution is -2.31. The molecular formula is C19H22Cl2N2O4S. The zero-order valence-electron chi connectivity index (χ0n) is 15.8. The number of carbonyl (C=O) groups is 1. The van der Waals surface area contributed by atoms with Gasteiger partial charge >= 0.3 is 0 Å². The van der Waals surface area contributed by atoms with E-state index in [2.05, 4.69) is 5.32 Å². The van der Waals surface area contributed by atoms with Crippen LogP contribution >= 0.6 is 23.2 Å². The minimum atomic E-state index is -3.54. The van der Waals surface area contributed by atoms with Crippen molar-refractivity contribution in [1.82, 2.24) is 0 Å². The number of methoxy groups -OCH3 is 1. The third kappa shape index (κ3) is 6.02. The second kappa shape index (κ2) is 9.49. The second-order valence-electron chi connectivity index (χ2n) is 6.26. The van der Waals surface area contributed by atoms with Gasteiger partial charge in [-0.25, -0.2) is 8.42 Å². The molecule has 0 radical (unpaired) electrons. The Morgan fingerprint density at radius 3 is 2.46 bits per heavy atom. The lowest BCUT2D eigenvalue weighted by molar-refractivity contribution is -0.116. The Kier molecular flexibility index (Phi) is 7.57. The SMILES string of the molecule is COc1ccc(N(CCCC(=O)Nc2ccc(Cl)cc2C)S(C)(=O)=O)cc1Cl. The number of nitrogens with zero attached hydrogens (tertiary/aromatic N) is 1. The number of hydrogen-bond acceptors (Lipinski definition) is 4. The molecule has 152 valence electrons. The smallest absolute Gasteiger partial charge is 0.232 e. The van der Waals surface area contributed by atoms with Gasteiger partial charge in [-0.3, -0.25) is 9.10 Å². The number of rotatable bonds is 8. The van der Waals surface area contributed by atoms with Gasteiger partial charge in [-0.05, 0) is 55.3 Å². The van der Waals surface area contributed by atoms with E-state index in [-0.39, 0.29) is 18.9 Å². The first-order valence-corrected chi connectivity index (χ1v) is 11.1. The highest BCUT2D eigenvalue weighted by molar-refractivity contribution is 7.92. The lowest BCUT2D eigenvalue weighted by Gasteiger charge is -2.23. The predicted molar refractivity (Wildman–Crippen MR) is 114 cm³/mol. The molecule has 6 nitrogen and oxygen atoms in total. The number of hydrogen-bond donors (Lipinski definition) is 1. The first kappa shape index (κ1) is 22.3. The zero-order chi connectivity index (χ0) is 20.9. The van der Waals surface area contributed by atoms with E-state index in [4.69, 9.17) is 27.9 Å². The van der Waals surface area contributed by atoms with Crippen molar-refractivity contribution < 1.29 is 17.9 Å². The summed E-state index contributed by atoms with van der Waals surface area (Å²) in [5, 5.41) is 3.72. The molecule has 0 aliphatic rings. The van der Waals surface area contributed by atoms with Gasteiger partial charge < -0.3 is 10.1 Å². The highest BCUT2D eigenvalue weighted by atomic mass is 35.5. The van der Waals surface area contributed by atoms with Crippen LogP contribution in [0.25, 0.3) is 0 Å². The summed E-state index contributed by atoms with van der Waals surface area (Å²) >= 11 is 12.0. The van der Waals surface area contributed by atoms with Crippen LogP contribution < -0.4 is 14.4 Å². The Bertz CT molecular complexity index is 964. The summed E-state index contributed by atoms with van der Waals surface area (Å²) in [6, 6.07) is 9.93. The molecule has 1 N–H and O–H groups in total. The second-order valence-corrected chi connectivity index (χ2v) is 9.02. The van der Waals surface area contributed by atoms with Crippen molar-refractivity contribution in [2.45, 2.75) is 19.8 Å². The van der Waals surface area contributed by atoms with Crippen molar-refractivity contribution >= 4 is 50.5 Å². The van der Waals surface area contributed by atoms with Gasteiger partial charge in [-0.15, -0.1) is 0 Å². The van der Waals surface area contributed by atoms with Crippen LogP contribution in [0.15, 0.2) is 36.4 Å². The van der Waals surface area contributed by atoms with E-state index in [1.807, 2.05) is 6.92 Å². The number of nitrogens with one attached hydrogen (secondary N) is 1. The van der Waals surface area contributed by atoms with Crippen molar-refractivity contribution in [1.29, 1.82) is 0 Å². The van der Waals surface area contributed by atoms with Gasteiger partial charge in [0.15, 0.2) is 0 Å². The fourth-order valence-electron chi connectivity index (χ4n) is 2.66. The van der Waals surface area contributed by atoms with Crippen molar-refractivity contribution in [3.8, 4) is 5.75 Å². The van der Waals surface area contributed by atoms with Gasteiger partial charge in [-0.2, -0.15) is 0 Å². The first-order chi connectivity index (χ1) is 13.1. The molecule has 0 aliphatic carbocycles. The summed E-state index contributed by atoms with van der Waals surface area (Å²) in [5.74, 6) is 0.253. The molecule has 0 spiro atoms. The number of benzene rings is 2. The highest BCUT2D eigenvalue weighted by Gasteiger charge is 2.19. The van der Waals surface area contributed by atoms with Crippen LogP contribution in [0.4, 0.5) is 11.4 Å². The molecule has 2 aromatic carbocycles. The number of carbonyl (C=O) groups excluding carboxylic acids is 1. The summed E-state index contributed by atoms with van der Waals surface area (Å²) < 4.78 is 30.7. The third-order valence-electron chi connectivity index (χ3n) is 4.05. The van der Waals surface area contributed by atoms with Crippen molar-refractivity contribution in [2.75, 3.05) is 29.5 Å². The van der Waals surface area contributed by atoms with Crippen LogP contribution in [0.5, 0.6) is 5.75 Å². The fourth-order valence-corrected chi connectivity index (χ4v) is 4.10. The maximum Gasteiger partial charge on any atom is 0.232 e. The number of sulfonamides is 1. The topological polar surface area (TPSA) is 75.7 Å². The minimum absolute atomic E-state index is 0.147. The minimum Gasteiger partial charge on any atom is -0.495 e. The summed E-state index contributed by atoms with van der Waals surface area (Å²) in [6.07, 6.45) is 1.62. The number of aryl methyl sites for hydroxylation is 1. The van der Waals surface area contributed by atoms with Crippen LogP contribution in [0.3, 0.4) is 0 Å². The summed E-state index contributed by atoms with van der Waals surface area (Å²) in [6.45, 7) is 1.99. The van der Waals surface area contributed by atoms with Crippen LogP contribution in [0.1, 0.15) is 18.4 Å². The maximum atomic E-state index is 12.2. The van der Waals surface area contributed by atoms with E-state index in [0.717, 1.165) is 11.8 Å². The van der Waals surface area contributed by atoms with Gasteiger partial charge in [-0.1, -0.05) is 23.2 Å². The maximum absolute atomic E-state index is 12.2. The molecule has 0 fully saturated rings. The Morgan fingerprint density at radius 1 is 1.18 bits per heavy atom. The van der Waals surface area contributed by atoms with Gasteiger partial charge in [0.2, 0.25) is 15.9 Å². The van der Waals surface area contributed by atoms with E-state index in [1.165, 1.54) is 17.5 Å². The van der Waals surface area contributed by atoms with Gasteiger partial charge in [0, 0.05) is 23.7 Å². The number of anilines is 2. The van der Waals surface area contributed by atoms with Crippen LogP contribution in [0, 0.1) is 6.92 Å². The molecule has 0 aromatic heterocycles. The Balaban J connectivity index is 2.02. The normalized spacial score (nSPS) is 11.2. The highest BCUT2D eigenvalue weighted by Crippen LogP contribution is 2.30. The van der Waals surface area contributed by atoms with Crippen molar-refractivity contribution in [2.24, 2.45) is 0 Å². The molecular weight excluding hydrogens is 423 g/mol. The molecule has 0 saturated heterocycles. The summed E-state index contributed by atoms with van der Waals surface area (Å²) in [5.41, 5.74) is 1.95. The third-order valence-corrected chi connectivity index (χ3v) is 5.78. The van der Waals surface area contributed by atoms with E-state index >= 15 is 0 Å².